The van der Waals surface area contributed by atoms with E-state index >= 15 is 0 Å². The zero-order chi connectivity index (χ0) is 14.0. The summed E-state index contributed by atoms with van der Waals surface area (Å²) in [6.07, 6.45) is 1.76. The lowest BCUT2D eigenvalue weighted by atomic mass is 9.97. The van der Waals surface area contributed by atoms with Crippen LogP contribution in [0.15, 0.2) is 0 Å². The van der Waals surface area contributed by atoms with Gasteiger partial charge in [-0.2, -0.15) is 22.5 Å². The summed E-state index contributed by atoms with van der Waals surface area (Å²) in [5.74, 6) is -6.00. The van der Waals surface area contributed by atoms with Crippen LogP contribution in [-0.4, -0.2) is 36.6 Å². The standard InChI is InChI=1S/C12H15F4N3/c1-19-4-2-7(3-5-19)6-17-10-8(13)11(15)18-12(16)9(10)14/h7H,2-6H2,1H3,(H,17,18). The number of nitrogens with one attached hydrogen (secondary N) is 1. The van der Waals surface area contributed by atoms with Gasteiger partial charge in [-0.05, 0) is 38.9 Å². The number of nitrogens with zero attached hydrogens (tertiary/aromatic N) is 2. The van der Waals surface area contributed by atoms with Gasteiger partial charge in [0.05, 0.1) is 0 Å². The summed E-state index contributed by atoms with van der Waals surface area (Å²) in [6, 6.07) is 0. The molecule has 1 aromatic rings. The first-order chi connectivity index (χ1) is 8.99. The first-order valence-corrected chi connectivity index (χ1v) is 6.11. The van der Waals surface area contributed by atoms with Gasteiger partial charge in [0.15, 0.2) is 0 Å². The van der Waals surface area contributed by atoms with Crippen molar-refractivity contribution >= 4 is 5.69 Å². The number of halogens is 4. The highest BCUT2D eigenvalue weighted by molar-refractivity contribution is 5.45. The largest absolute Gasteiger partial charge is 0.380 e. The summed E-state index contributed by atoms with van der Waals surface area (Å²) in [4.78, 5) is 4.66. The van der Waals surface area contributed by atoms with Crippen molar-refractivity contribution in [3.63, 3.8) is 0 Å². The van der Waals surface area contributed by atoms with E-state index < -0.39 is 29.2 Å². The Kier molecular flexibility index (Phi) is 4.24. The highest BCUT2D eigenvalue weighted by atomic mass is 19.2. The van der Waals surface area contributed by atoms with Crippen molar-refractivity contribution in [1.82, 2.24) is 9.88 Å². The third kappa shape index (κ3) is 3.15. The van der Waals surface area contributed by atoms with E-state index in [9.17, 15) is 17.6 Å². The molecule has 0 radical (unpaired) electrons. The third-order valence-electron chi connectivity index (χ3n) is 3.40. The molecule has 0 atom stereocenters. The molecule has 0 unspecified atom stereocenters. The lowest BCUT2D eigenvalue weighted by Crippen LogP contribution is -2.33. The van der Waals surface area contributed by atoms with E-state index in [1.54, 1.807) is 0 Å². The normalized spacial score (nSPS) is 17.7. The van der Waals surface area contributed by atoms with Crippen molar-refractivity contribution in [3.05, 3.63) is 23.5 Å². The van der Waals surface area contributed by atoms with E-state index in [1.165, 1.54) is 0 Å². The fraction of sp³-hybridized carbons (Fsp3) is 0.583. The molecule has 0 aliphatic carbocycles. The minimum Gasteiger partial charge on any atom is -0.380 e. The van der Waals surface area contributed by atoms with Crippen LogP contribution in [0.1, 0.15) is 12.8 Å². The van der Waals surface area contributed by atoms with Crippen LogP contribution in [-0.2, 0) is 0 Å². The minimum absolute atomic E-state index is 0.231. The second-order valence-electron chi connectivity index (χ2n) is 4.82. The predicted octanol–water partition coefficient (Wildman–Crippen LogP) is 2.39. The molecule has 0 amide bonds. The molecule has 0 spiro atoms. The average molecular weight is 277 g/mol. The van der Waals surface area contributed by atoms with Gasteiger partial charge in [0.1, 0.15) is 5.69 Å². The molecule has 0 saturated carbocycles. The van der Waals surface area contributed by atoms with Crippen LogP contribution in [0.5, 0.6) is 0 Å². The molecular formula is C12H15F4N3. The number of hydrogen-bond donors (Lipinski definition) is 1. The molecule has 1 aliphatic heterocycles. The number of aromatic nitrogens is 1. The fourth-order valence-corrected chi connectivity index (χ4v) is 2.15. The summed E-state index contributed by atoms with van der Waals surface area (Å²) in [6.45, 7) is 2.08. The Morgan fingerprint density at radius 2 is 1.63 bits per heavy atom. The Morgan fingerprint density at radius 3 is 2.16 bits per heavy atom. The smallest absolute Gasteiger partial charge is 0.253 e. The van der Waals surface area contributed by atoms with Crippen LogP contribution >= 0.6 is 0 Å². The van der Waals surface area contributed by atoms with E-state index in [1.807, 2.05) is 7.05 Å². The van der Waals surface area contributed by atoms with Gasteiger partial charge in [0.2, 0.25) is 11.6 Å². The molecule has 106 valence electrons. The molecule has 2 rings (SSSR count). The van der Waals surface area contributed by atoms with Crippen molar-refractivity contribution in [2.24, 2.45) is 5.92 Å². The summed E-state index contributed by atoms with van der Waals surface area (Å²) in [7, 11) is 2.00. The lowest BCUT2D eigenvalue weighted by molar-refractivity contribution is 0.226. The van der Waals surface area contributed by atoms with Gasteiger partial charge in [-0.25, -0.2) is 0 Å². The Bertz CT molecular complexity index is 433. The summed E-state index contributed by atoms with van der Waals surface area (Å²) in [5.41, 5.74) is -0.774. The first kappa shape index (κ1) is 14.0. The molecule has 1 saturated heterocycles. The second-order valence-corrected chi connectivity index (χ2v) is 4.82. The molecule has 0 bridgehead atoms. The molecule has 1 aromatic heterocycles. The summed E-state index contributed by atoms with van der Waals surface area (Å²) in [5, 5.41) is 2.46. The van der Waals surface area contributed by atoms with Crippen LogP contribution in [0.4, 0.5) is 23.2 Å². The molecule has 3 nitrogen and oxygen atoms in total. The van der Waals surface area contributed by atoms with Gasteiger partial charge in [-0.1, -0.05) is 0 Å². The van der Waals surface area contributed by atoms with Crippen molar-refractivity contribution in [1.29, 1.82) is 0 Å². The van der Waals surface area contributed by atoms with Crippen molar-refractivity contribution < 1.29 is 17.6 Å². The van der Waals surface area contributed by atoms with E-state index in [-0.39, 0.29) is 12.5 Å². The van der Waals surface area contributed by atoms with Crippen LogP contribution in [0, 0.1) is 29.4 Å². The van der Waals surface area contributed by atoms with Gasteiger partial charge >= 0.3 is 0 Å². The zero-order valence-electron chi connectivity index (χ0n) is 10.5. The molecule has 0 aromatic carbocycles. The SMILES string of the molecule is CN1CCC(CNc2c(F)c(F)nc(F)c2F)CC1. The number of likely N-dealkylation sites (tertiary alicyclic amines) is 1. The van der Waals surface area contributed by atoms with Crippen LogP contribution in [0.2, 0.25) is 0 Å². The third-order valence-corrected chi connectivity index (χ3v) is 3.40. The number of rotatable bonds is 3. The Balaban J connectivity index is 2.03. The number of piperidine rings is 1. The summed E-state index contributed by atoms with van der Waals surface area (Å²) < 4.78 is 52.5. The topological polar surface area (TPSA) is 28.2 Å². The second kappa shape index (κ2) is 5.73. The summed E-state index contributed by atoms with van der Waals surface area (Å²) >= 11 is 0. The maximum absolute atomic E-state index is 13.3. The van der Waals surface area contributed by atoms with E-state index in [2.05, 4.69) is 15.2 Å². The van der Waals surface area contributed by atoms with Gasteiger partial charge in [0.25, 0.3) is 11.9 Å². The molecule has 1 N–H and O–H groups in total. The van der Waals surface area contributed by atoms with Crippen LogP contribution in [0.3, 0.4) is 0 Å². The maximum atomic E-state index is 13.3. The Labute approximate surface area is 108 Å². The van der Waals surface area contributed by atoms with Crippen molar-refractivity contribution in [2.45, 2.75) is 12.8 Å². The van der Waals surface area contributed by atoms with E-state index in [4.69, 9.17) is 0 Å². The van der Waals surface area contributed by atoms with Crippen molar-refractivity contribution in [3.8, 4) is 0 Å². The van der Waals surface area contributed by atoms with E-state index in [0.717, 1.165) is 25.9 Å². The Hall–Kier alpha value is -1.37. The molecule has 2 heterocycles. The van der Waals surface area contributed by atoms with Crippen molar-refractivity contribution in [2.75, 3.05) is 32.0 Å². The highest BCUT2D eigenvalue weighted by Crippen LogP contribution is 2.23. The minimum atomic E-state index is -1.63. The van der Waals surface area contributed by atoms with Gasteiger partial charge in [-0.15, -0.1) is 0 Å². The number of hydrogen-bond acceptors (Lipinski definition) is 3. The van der Waals surface area contributed by atoms with Gasteiger partial charge in [-0.3, -0.25) is 0 Å². The van der Waals surface area contributed by atoms with Gasteiger partial charge in [0, 0.05) is 6.54 Å². The number of anilines is 1. The van der Waals surface area contributed by atoms with Gasteiger partial charge < -0.3 is 10.2 Å². The zero-order valence-corrected chi connectivity index (χ0v) is 10.5. The average Bonchev–Trinajstić information content (AvgIpc) is 2.38. The molecule has 1 fully saturated rings. The molecule has 19 heavy (non-hydrogen) atoms. The quantitative estimate of drug-likeness (QED) is 0.679. The highest BCUT2D eigenvalue weighted by Gasteiger charge is 2.22. The lowest BCUT2D eigenvalue weighted by Gasteiger charge is -2.29. The predicted molar refractivity (Wildman–Crippen MR) is 62.8 cm³/mol. The first-order valence-electron chi connectivity index (χ1n) is 6.11. The fourth-order valence-electron chi connectivity index (χ4n) is 2.15. The molecular weight excluding hydrogens is 262 g/mol. The van der Waals surface area contributed by atoms with Crippen LogP contribution in [0.25, 0.3) is 0 Å². The maximum Gasteiger partial charge on any atom is 0.253 e. The molecule has 1 aliphatic rings. The number of pyridine rings is 1. The van der Waals surface area contributed by atoms with E-state index in [0.29, 0.717) is 0 Å². The Morgan fingerprint density at radius 1 is 1.11 bits per heavy atom. The monoisotopic (exact) mass is 277 g/mol. The van der Waals surface area contributed by atoms with Crippen LogP contribution < -0.4 is 5.32 Å². The molecule has 7 heteroatoms.